The highest BCUT2D eigenvalue weighted by Crippen LogP contribution is 2.16. The molecule has 5 nitrogen and oxygen atoms in total. The fourth-order valence-corrected chi connectivity index (χ4v) is 1.98. The highest BCUT2D eigenvalue weighted by molar-refractivity contribution is 6.04. The van der Waals surface area contributed by atoms with Crippen molar-refractivity contribution in [2.75, 3.05) is 11.9 Å². The van der Waals surface area contributed by atoms with Gasteiger partial charge in [-0.05, 0) is 48.9 Å². The third-order valence-electron chi connectivity index (χ3n) is 3.29. The van der Waals surface area contributed by atoms with Crippen molar-refractivity contribution in [3.8, 4) is 5.75 Å². The number of unbranched alkanes of at least 4 members (excludes halogenated alkanes) is 1. The summed E-state index contributed by atoms with van der Waals surface area (Å²) < 4.78 is 5.60. The van der Waals surface area contributed by atoms with E-state index in [4.69, 9.17) is 10.5 Å². The maximum absolute atomic E-state index is 12.3. The SMILES string of the molecule is CCCCOc1cccc(C(=O)Nc2ccc(C(N)=O)cc2)c1. The number of amides is 2. The smallest absolute Gasteiger partial charge is 0.255 e. The van der Waals surface area contributed by atoms with Gasteiger partial charge in [-0.3, -0.25) is 9.59 Å². The predicted molar refractivity (Wildman–Crippen MR) is 89.8 cm³/mol. The predicted octanol–water partition coefficient (Wildman–Crippen LogP) is 3.22. The van der Waals surface area contributed by atoms with Crippen LogP contribution >= 0.6 is 0 Å². The first-order valence-corrected chi connectivity index (χ1v) is 7.54. The van der Waals surface area contributed by atoms with Crippen LogP contribution in [0, 0.1) is 0 Å². The van der Waals surface area contributed by atoms with E-state index in [0.29, 0.717) is 29.2 Å². The fourth-order valence-electron chi connectivity index (χ4n) is 1.98. The van der Waals surface area contributed by atoms with Gasteiger partial charge in [0.05, 0.1) is 6.61 Å². The molecule has 2 amide bonds. The number of anilines is 1. The standard InChI is InChI=1S/C18H20N2O3/c1-2-3-11-23-16-6-4-5-14(12-16)18(22)20-15-9-7-13(8-10-15)17(19)21/h4-10,12H,2-3,11H2,1H3,(H2,19,21)(H,20,22). The second-order valence-electron chi connectivity index (χ2n) is 5.13. The van der Waals surface area contributed by atoms with Crippen LogP contribution in [0.5, 0.6) is 5.75 Å². The van der Waals surface area contributed by atoms with Crippen LogP contribution in [0.1, 0.15) is 40.5 Å². The molecule has 2 aromatic carbocycles. The molecule has 0 aliphatic rings. The van der Waals surface area contributed by atoms with E-state index in [9.17, 15) is 9.59 Å². The summed E-state index contributed by atoms with van der Waals surface area (Å²) in [6, 6.07) is 13.5. The van der Waals surface area contributed by atoms with Crippen molar-refractivity contribution < 1.29 is 14.3 Å². The van der Waals surface area contributed by atoms with Crippen LogP contribution in [0.4, 0.5) is 5.69 Å². The topological polar surface area (TPSA) is 81.4 Å². The number of primary amides is 1. The number of benzene rings is 2. The van der Waals surface area contributed by atoms with Crippen LogP contribution in [-0.2, 0) is 0 Å². The lowest BCUT2D eigenvalue weighted by atomic mass is 10.1. The van der Waals surface area contributed by atoms with Crippen LogP contribution < -0.4 is 15.8 Å². The van der Waals surface area contributed by atoms with E-state index in [1.54, 1.807) is 42.5 Å². The van der Waals surface area contributed by atoms with Gasteiger partial charge in [0, 0.05) is 16.8 Å². The van der Waals surface area contributed by atoms with Gasteiger partial charge in [0.1, 0.15) is 5.75 Å². The Labute approximate surface area is 135 Å². The van der Waals surface area contributed by atoms with E-state index < -0.39 is 5.91 Å². The Morgan fingerprint density at radius 1 is 1.09 bits per heavy atom. The molecule has 23 heavy (non-hydrogen) atoms. The molecule has 0 atom stereocenters. The van der Waals surface area contributed by atoms with Gasteiger partial charge in [0.15, 0.2) is 0 Å². The molecule has 0 heterocycles. The molecular weight excluding hydrogens is 292 g/mol. The minimum atomic E-state index is -0.500. The Balaban J connectivity index is 2.02. The summed E-state index contributed by atoms with van der Waals surface area (Å²) in [5.41, 5.74) is 6.69. The molecule has 0 aliphatic carbocycles. The number of rotatable bonds is 7. The number of carbonyl (C=O) groups is 2. The fraction of sp³-hybridized carbons (Fsp3) is 0.222. The highest BCUT2D eigenvalue weighted by Gasteiger charge is 2.08. The summed E-state index contributed by atoms with van der Waals surface area (Å²) in [4.78, 5) is 23.3. The molecule has 0 saturated carbocycles. The molecule has 5 heteroatoms. The normalized spacial score (nSPS) is 10.1. The summed E-state index contributed by atoms with van der Waals surface area (Å²) in [5, 5.41) is 2.77. The second-order valence-corrected chi connectivity index (χ2v) is 5.13. The van der Waals surface area contributed by atoms with Crippen molar-refractivity contribution in [3.63, 3.8) is 0 Å². The average Bonchev–Trinajstić information content (AvgIpc) is 2.56. The molecule has 0 fully saturated rings. The highest BCUT2D eigenvalue weighted by atomic mass is 16.5. The van der Waals surface area contributed by atoms with Gasteiger partial charge < -0.3 is 15.8 Å². The average molecular weight is 312 g/mol. The van der Waals surface area contributed by atoms with Crippen LogP contribution in [0.2, 0.25) is 0 Å². The van der Waals surface area contributed by atoms with Crippen LogP contribution in [0.15, 0.2) is 48.5 Å². The van der Waals surface area contributed by atoms with E-state index in [1.807, 2.05) is 6.07 Å². The second kappa shape index (κ2) is 7.98. The van der Waals surface area contributed by atoms with Crippen LogP contribution in [-0.4, -0.2) is 18.4 Å². The minimum Gasteiger partial charge on any atom is -0.494 e. The molecule has 2 aromatic rings. The van der Waals surface area contributed by atoms with Crippen molar-refractivity contribution in [1.29, 1.82) is 0 Å². The Morgan fingerprint density at radius 2 is 1.83 bits per heavy atom. The zero-order valence-electron chi connectivity index (χ0n) is 13.0. The lowest BCUT2D eigenvalue weighted by Gasteiger charge is -2.09. The first-order valence-electron chi connectivity index (χ1n) is 7.54. The third-order valence-corrected chi connectivity index (χ3v) is 3.29. The molecular formula is C18H20N2O3. The number of nitrogens with one attached hydrogen (secondary N) is 1. The first-order chi connectivity index (χ1) is 11.1. The zero-order valence-corrected chi connectivity index (χ0v) is 13.0. The van der Waals surface area contributed by atoms with Crippen LogP contribution in [0.25, 0.3) is 0 Å². The van der Waals surface area contributed by atoms with E-state index in [2.05, 4.69) is 12.2 Å². The van der Waals surface area contributed by atoms with Gasteiger partial charge in [-0.15, -0.1) is 0 Å². The summed E-state index contributed by atoms with van der Waals surface area (Å²) in [6.45, 7) is 2.73. The largest absolute Gasteiger partial charge is 0.494 e. The molecule has 0 unspecified atom stereocenters. The molecule has 3 N–H and O–H groups in total. The Hall–Kier alpha value is -2.82. The van der Waals surface area contributed by atoms with Gasteiger partial charge in [0.25, 0.3) is 5.91 Å². The van der Waals surface area contributed by atoms with Crippen molar-refractivity contribution in [2.45, 2.75) is 19.8 Å². The summed E-state index contributed by atoms with van der Waals surface area (Å²) in [6.07, 6.45) is 2.03. The van der Waals surface area contributed by atoms with E-state index in [-0.39, 0.29) is 5.91 Å². The number of hydrogen-bond donors (Lipinski definition) is 2. The molecule has 0 bridgehead atoms. The lowest BCUT2D eigenvalue weighted by Crippen LogP contribution is -2.13. The van der Waals surface area contributed by atoms with E-state index in [1.165, 1.54) is 0 Å². The number of hydrogen-bond acceptors (Lipinski definition) is 3. The van der Waals surface area contributed by atoms with Gasteiger partial charge in [-0.1, -0.05) is 19.4 Å². The molecule has 0 radical (unpaired) electrons. The summed E-state index contributed by atoms with van der Waals surface area (Å²) >= 11 is 0. The van der Waals surface area contributed by atoms with Gasteiger partial charge in [0.2, 0.25) is 5.91 Å². The molecule has 120 valence electrons. The molecule has 0 aromatic heterocycles. The zero-order chi connectivity index (χ0) is 16.7. The lowest BCUT2D eigenvalue weighted by molar-refractivity contribution is 0.0998. The summed E-state index contributed by atoms with van der Waals surface area (Å²) in [7, 11) is 0. The molecule has 0 aliphatic heterocycles. The van der Waals surface area contributed by atoms with Crippen molar-refractivity contribution >= 4 is 17.5 Å². The monoisotopic (exact) mass is 312 g/mol. The van der Waals surface area contributed by atoms with E-state index in [0.717, 1.165) is 12.8 Å². The minimum absolute atomic E-state index is 0.238. The van der Waals surface area contributed by atoms with Crippen molar-refractivity contribution in [2.24, 2.45) is 5.73 Å². The molecule has 0 saturated heterocycles. The number of nitrogens with two attached hydrogens (primary N) is 1. The Kier molecular flexibility index (Phi) is 5.74. The van der Waals surface area contributed by atoms with Gasteiger partial charge in [-0.25, -0.2) is 0 Å². The molecule has 0 spiro atoms. The maximum Gasteiger partial charge on any atom is 0.255 e. The Morgan fingerprint density at radius 3 is 2.48 bits per heavy atom. The first kappa shape index (κ1) is 16.5. The number of ether oxygens (including phenoxy) is 1. The Bertz CT molecular complexity index is 681. The van der Waals surface area contributed by atoms with Crippen molar-refractivity contribution in [1.82, 2.24) is 0 Å². The van der Waals surface area contributed by atoms with E-state index >= 15 is 0 Å². The van der Waals surface area contributed by atoms with Gasteiger partial charge >= 0.3 is 0 Å². The maximum atomic E-state index is 12.3. The number of carbonyl (C=O) groups excluding carboxylic acids is 2. The quantitative estimate of drug-likeness (QED) is 0.770. The molecule has 2 rings (SSSR count). The third kappa shape index (κ3) is 4.85. The van der Waals surface area contributed by atoms with Crippen molar-refractivity contribution in [3.05, 3.63) is 59.7 Å². The summed E-state index contributed by atoms with van der Waals surface area (Å²) in [5.74, 6) is -0.0623. The van der Waals surface area contributed by atoms with Gasteiger partial charge in [-0.2, -0.15) is 0 Å². The van der Waals surface area contributed by atoms with Crippen LogP contribution in [0.3, 0.4) is 0 Å².